The molecule has 1 fully saturated rings. The van der Waals surface area contributed by atoms with Crippen LogP contribution in [0.4, 0.5) is 5.69 Å². The molecule has 0 radical (unpaired) electrons. The molecule has 12 heteroatoms. The van der Waals surface area contributed by atoms with Gasteiger partial charge >= 0.3 is 0 Å². The molecule has 48 heavy (non-hydrogen) atoms. The molecule has 1 heterocycles. The van der Waals surface area contributed by atoms with Crippen molar-refractivity contribution in [3.8, 4) is 11.5 Å². The lowest BCUT2D eigenvalue weighted by Gasteiger charge is -2.36. The quantitative estimate of drug-likeness (QED) is 0.362. The van der Waals surface area contributed by atoms with Crippen LogP contribution in [-0.2, 0) is 19.6 Å². The number of methoxy groups -OCH3 is 1. The number of nitrogens with zero attached hydrogens (tertiary/aromatic N) is 2. The van der Waals surface area contributed by atoms with Crippen LogP contribution in [0, 0.1) is 11.8 Å². The molecule has 2 aliphatic rings. The van der Waals surface area contributed by atoms with E-state index in [4.69, 9.17) is 14.2 Å². The van der Waals surface area contributed by atoms with Gasteiger partial charge in [-0.05, 0) is 88.4 Å². The summed E-state index contributed by atoms with van der Waals surface area (Å²) in [7, 11) is -0.642. The highest BCUT2D eigenvalue weighted by Crippen LogP contribution is 2.30. The van der Waals surface area contributed by atoms with Gasteiger partial charge in [-0.3, -0.25) is 14.3 Å². The van der Waals surface area contributed by atoms with E-state index in [1.807, 2.05) is 20.9 Å². The largest absolute Gasteiger partial charge is 0.497 e. The molecule has 2 N–H and O–H groups in total. The van der Waals surface area contributed by atoms with Crippen molar-refractivity contribution in [3.05, 3.63) is 48.0 Å². The van der Waals surface area contributed by atoms with E-state index in [1.54, 1.807) is 41.0 Å². The number of aliphatic hydroxyl groups excluding tert-OH is 1. The van der Waals surface area contributed by atoms with Crippen LogP contribution in [0.15, 0.2) is 47.4 Å². The molecule has 4 atom stereocenters. The number of nitrogens with one attached hydrogen (secondary N) is 1. The Morgan fingerprint density at radius 2 is 1.75 bits per heavy atom. The van der Waals surface area contributed by atoms with Gasteiger partial charge < -0.3 is 29.1 Å². The molecular weight excluding hydrogens is 634 g/mol. The van der Waals surface area contributed by atoms with E-state index in [0.29, 0.717) is 24.7 Å². The number of hydrogen-bond acceptors (Lipinski definition) is 8. The van der Waals surface area contributed by atoms with Gasteiger partial charge in [-0.2, -0.15) is 0 Å². The van der Waals surface area contributed by atoms with Crippen molar-refractivity contribution in [1.29, 1.82) is 0 Å². The average molecular weight is 688 g/mol. The third kappa shape index (κ3) is 9.85. The summed E-state index contributed by atoms with van der Waals surface area (Å²) in [6.45, 7) is 6.59. The van der Waals surface area contributed by atoms with Gasteiger partial charge in [-0.15, -0.1) is 0 Å². The van der Waals surface area contributed by atoms with Gasteiger partial charge in [0.1, 0.15) is 11.5 Å². The van der Waals surface area contributed by atoms with E-state index in [9.17, 15) is 23.1 Å². The third-order valence-corrected chi connectivity index (χ3v) is 10.9. The number of likely N-dealkylation sites (N-methyl/N-ethyl adjacent to an activating group) is 1. The van der Waals surface area contributed by atoms with Crippen molar-refractivity contribution >= 4 is 27.5 Å². The van der Waals surface area contributed by atoms with E-state index in [0.717, 1.165) is 44.9 Å². The number of aliphatic hydroxyl groups is 1. The number of benzene rings is 2. The molecule has 266 valence electrons. The van der Waals surface area contributed by atoms with Crippen molar-refractivity contribution in [3.63, 3.8) is 0 Å². The Morgan fingerprint density at radius 1 is 1.06 bits per heavy atom. The summed E-state index contributed by atoms with van der Waals surface area (Å²) >= 11 is 0. The monoisotopic (exact) mass is 687 g/mol. The normalized spacial score (nSPS) is 22.5. The van der Waals surface area contributed by atoms with Crippen molar-refractivity contribution < 1.29 is 37.3 Å². The summed E-state index contributed by atoms with van der Waals surface area (Å²) in [5, 5.41) is 10.2. The lowest BCUT2D eigenvalue weighted by Crippen LogP contribution is -2.48. The Balaban J connectivity index is 1.63. The second-order valence-electron chi connectivity index (χ2n) is 13.3. The maximum absolute atomic E-state index is 14.4. The lowest BCUT2D eigenvalue weighted by atomic mass is 9.88. The van der Waals surface area contributed by atoms with Gasteiger partial charge in [-0.25, -0.2) is 8.42 Å². The fraction of sp³-hybridized carbons (Fsp3) is 0.611. The van der Waals surface area contributed by atoms with E-state index in [-0.39, 0.29) is 59.2 Å². The van der Waals surface area contributed by atoms with Gasteiger partial charge in [0.15, 0.2) is 0 Å². The predicted molar refractivity (Wildman–Crippen MR) is 185 cm³/mol. The van der Waals surface area contributed by atoms with Crippen LogP contribution in [-0.4, -0.2) is 93.8 Å². The van der Waals surface area contributed by atoms with Crippen molar-refractivity contribution in [2.24, 2.45) is 11.8 Å². The van der Waals surface area contributed by atoms with Crippen LogP contribution >= 0.6 is 0 Å². The Bertz CT molecular complexity index is 1460. The van der Waals surface area contributed by atoms with E-state index in [2.05, 4.69) is 4.72 Å². The maximum Gasteiger partial charge on any atom is 0.261 e. The van der Waals surface area contributed by atoms with Crippen molar-refractivity contribution in [2.45, 2.75) is 95.3 Å². The van der Waals surface area contributed by atoms with Crippen LogP contribution in [0.3, 0.4) is 0 Å². The first-order valence-corrected chi connectivity index (χ1v) is 18.7. The Labute approximate surface area is 286 Å². The summed E-state index contributed by atoms with van der Waals surface area (Å²) in [6, 6.07) is 10.1. The lowest BCUT2D eigenvalue weighted by molar-refractivity contribution is -0.137. The highest BCUT2D eigenvalue weighted by Gasteiger charge is 2.32. The number of fused-ring (bicyclic) bond motifs is 1. The smallest absolute Gasteiger partial charge is 0.261 e. The van der Waals surface area contributed by atoms with E-state index < -0.39 is 22.0 Å². The minimum absolute atomic E-state index is 0.0411. The molecule has 0 unspecified atom stereocenters. The molecule has 1 aliphatic heterocycles. The molecule has 1 aliphatic carbocycles. The molecule has 0 bridgehead atoms. The highest BCUT2D eigenvalue weighted by atomic mass is 32.2. The minimum atomic E-state index is -3.98. The standard InChI is InChI=1S/C36H53N3O8S/c1-25-22-39(26(2)24-40)36(42)32-21-29(37-48(43,44)31-17-15-30(45-5)16-18-31)14-19-33(32)47-27(3)11-9-10-20-46-34(25)23-38(4)35(41)28-12-7-6-8-13-28/h14-19,21,25-28,34,37,40H,6-13,20,22-24H2,1-5H3/t25-,26-,27+,34+/m0/s1. The zero-order valence-corrected chi connectivity index (χ0v) is 29.8. The summed E-state index contributed by atoms with van der Waals surface area (Å²) < 4.78 is 46.9. The molecule has 4 rings (SSSR count). The van der Waals surface area contributed by atoms with Crippen LogP contribution < -0.4 is 14.2 Å². The Hall–Kier alpha value is -3.35. The molecule has 1 saturated carbocycles. The zero-order chi connectivity index (χ0) is 34.8. The van der Waals surface area contributed by atoms with Gasteiger partial charge in [-0.1, -0.05) is 26.2 Å². The van der Waals surface area contributed by atoms with Crippen molar-refractivity contribution in [1.82, 2.24) is 9.80 Å². The predicted octanol–water partition coefficient (Wildman–Crippen LogP) is 5.33. The summed E-state index contributed by atoms with van der Waals surface area (Å²) in [5.74, 6) is 0.460. The van der Waals surface area contributed by atoms with Crippen LogP contribution in [0.5, 0.6) is 11.5 Å². The number of ether oxygens (including phenoxy) is 3. The number of amides is 2. The summed E-state index contributed by atoms with van der Waals surface area (Å²) in [6.07, 6.45) is 6.97. The number of anilines is 1. The number of hydrogen-bond donors (Lipinski definition) is 2. The van der Waals surface area contributed by atoms with Crippen molar-refractivity contribution in [2.75, 3.05) is 45.2 Å². The van der Waals surface area contributed by atoms with Gasteiger partial charge in [0.2, 0.25) is 5.91 Å². The number of rotatable bonds is 9. The summed E-state index contributed by atoms with van der Waals surface area (Å²) in [5.41, 5.74) is 0.382. The molecule has 11 nitrogen and oxygen atoms in total. The minimum Gasteiger partial charge on any atom is -0.497 e. The van der Waals surface area contributed by atoms with E-state index >= 15 is 0 Å². The molecular formula is C36H53N3O8S. The number of sulfonamides is 1. The third-order valence-electron chi connectivity index (χ3n) is 9.46. The first kappa shape index (κ1) is 37.5. The first-order valence-electron chi connectivity index (χ1n) is 17.2. The number of carbonyl (C=O) groups excluding carboxylic acids is 2. The first-order chi connectivity index (χ1) is 22.9. The highest BCUT2D eigenvalue weighted by molar-refractivity contribution is 7.92. The molecule has 2 aromatic carbocycles. The average Bonchev–Trinajstić information content (AvgIpc) is 3.09. The Morgan fingerprint density at radius 3 is 2.42 bits per heavy atom. The Kier molecular flexibility index (Phi) is 13.5. The molecule has 2 aromatic rings. The van der Waals surface area contributed by atoms with Crippen LogP contribution in [0.25, 0.3) is 0 Å². The fourth-order valence-electron chi connectivity index (χ4n) is 6.44. The second-order valence-corrected chi connectivity index (χ2v) is 15.0. The SMILES string of the molecule is COc1ccc(S(=O)(=O)Nc2ccc3c(c2)C(=O)N([C@@H](C)CO)C[C@H](C)[C@@H](CN(C)C(=O)C2CCCCC2)OCCCC[C@@H](C)O3)cc1. The second kappa shape index (κ2) is 17.3. The van der Waals surface area contributed by atoms with Crippen LogP contribution in [0.1, 0.15) is 82.5 Å². The topological polar surface area (TPSA) is 135 Å². The van der Waals surface area contributed by atoms with Gasteiger partial charge in [0, 0.05) is 44.3 Å². The van der Waals surface area contributed by atoms with E-state index in [1.165, 1.54) is 31.7 Å². The molecule has 0 aromatic heterocycles. The molecule has 0 saturated heterocycles. The maximum atomic E-state index is 14.4. The number of carbonyl (C=O) groups is 2. The molecule has 0 spiro atoms. The van der Waals surface area contributed by atoms with Crippen LogP contribution in [0.2, 0.25) is 0 Å². The zero-order valence-electron chi connectivity index (χ0n) is 29.0. The summed E-state index contributed by atoms with van der Waals surface area (Å²) in [4.78, 5) is 31.2. The fourth-order valence-corrected chi connectivity index (χ4v) is 7.49. The van der Waals surface area contributed by atoms with Gasteiger partial charge in [0.05, 0.1) is 42.4 Å². The molecule has 2 amide bonds. The van der Waals surface area contributed by atoms with Gasteiger partial charge in [0.25, 0.3) is 15.9 Å².